The molecule has 0 unspecified atom stereocenters. The Labute approximate surface area is 145 Å². The van der Waals surface area contributed by atoms with E-state index >= 15 is 0 Å². The monoisotopic (exact) mass is 351 g/mol. The molecule has 1 amide bonds. The molecule has 1 heterocycles. The standard InChI is InChI=1S/C17H22FN3O2S/c1-10(2)15-16(24-13-6-11(3)5-12(4)7-13)20-14(21(15)9-18)8-23-17(19)22/h5-7,10H,8-9H2,1-4H3,(H2,19,22). The zero-order valence-electron chi connectivity index (χ0n) is 14.3. The third-order valence-electron chi connectivity index (χ3n) is 3.47. The molecule has 2 N–H and O–H groups in total. The van der Waals surface area contributed by atoms with Gasteiger partial charge in [-0.1, -0.05) is 31.7 Å². The van der Waals surface area contributed by atoms with Gasteiger partial charge in [-0.05, 0) is 43.0 Å². The first-order chi connectivity index (χ1) is 11.3. The van der Waals surface area contributed by atoms with E-state index in [2.05, 4.69) is 23.2 Å². The van der Waals surface area contributed by atoms with Gasteiger partial charge in [0.05, 0.1) is 5.69 Å². The number of halogens is 1. The number of hydrogen-bond donors (Lipinski definition) is 1. The van der Waals surface area contributed by atoms with Crippen LogP contribution >= 0.6 is 11.8 Å². The van der Waals surface area contributed by atoms with Gasteiger partial charge in [0.15, 0.2) is 19.2 Å². The van der Waals surface area contributed by atoms with Crippen LogP contribution in [0.5, 0.6) is 0 Å². The van der Waals surface area contributed by atoms with Crippen molar-refractivity contribution in [3.8, 4) is 0 Å². The van der Waals surface area contributed by atoms with Gasteiger partial charge in [-0.3, -0.25) is 4.57 Å². The predicted molar refractivity (Wildman–Crippen MR) is 91.8 cm³/mol. The number of rotatable bonds is 6. The van der Waals surface area contributed by atoms with E-state index in [4.69, 9.17) is 10.5 Å². The second-order valence-electron chi connectivity index (χ2n) is 5.95. The van der Waals surface area contributed by atoms with E-state index < -0.39 is 12.9 Å². The number of hydrogen-bond acceptors (Lipinski definition) is 4. The molecule has 0 saturated heterocycles. The molecule has 24 heavy (non-hydrogen) atoms. The first kappa shape index (κ1) is 18.3. The summed E-state index contributed by atoms with van der Waals surface area (Å²) in [5.41, 5.74) is 8.09. The number of aromatic nitrogens is 2. The lowest BCUT2D eigenvalue weighted by atomic mass is 10.1. The first-order valence-electron chi connectivity index (χ1n) is 7.65. The minimum atomic E-state index is -0.905. The van der Waals surface area contributed by atoms with E-state index in [9.17, 15) is 9.18 Å². The number of ether oxygens (including phenoxy) is 1. The van der Waals surface area contributed by atoms with Crippen molar-refractivity contribution in [3.05, 3.63) is 40.8 Å². The molecule has 0 spiro atoms. The zero-order chi connectivity index (χ0) is 17.9. The molecule has 0 bridgehead atoms. The second kappa shape index (κ2) is 7.70. The van der Waals surface area contributed by atoms with Crippen molar-refractivity contribution in [1.82, 2.24) is 9.55 Å². The molecule has 0 saturated carbocycles. The molecule has 1 aromatic heterocycles. The van der Waals surface area contributed by atoms with Crippen LogP contribution in [-0.4, -0.2) is 15.6 Å². The van der Waals surface area contributed by atoms with Gasteiger partial charge in [0.25, 0.3) is 0 Å². The normalized spacial score (nSPS) is 11.1. The number of imidazole rings is 1. The molecule has 130 valence electrons. The van der Waals surface area contributed by atoms with E-state index in [-0.39, 0.29) is 12.5 Å². The van der Waals surface area contributed by atoms with Gasteiger partial charge >= 0.3 is 6.09 Å². The number of benzene rings is 1. The van der Waals surface area contributed by atoms with Crippen LogP contribution in [-0.2, 0) is 18.1 Å². The third-order valence-corrected chi connectivity index (χ3v) is 4.44. The second-order valence-corrected chi connectivity index (χ2v) is 7.02. The Kier molecular flexibility index (Phi) is 5.88. The lowest BCUT2D eigenvalue weighted by Gasteiger charge is -2.12. The van der Waals surface area contributed by atoms with Crippen LogP contribution in [0.1, 0.15) is 42.4 Å². The van der Waals surface area contributed by atoms with Crippen molar-refractivity contribution < 1.29 is 13.9 Å². The third kappa shape index (κ3) is 4.29. The molecular formula is C17H22FN3O2S. The summed E-state index contributed by atoms with van der Waals surface area (Å²) in [4.78, 5) is 16.4. The van der Waals surface area contributed by atoms with E-state index in [1.165, 1.54) is 16.3 Å². The highest BCUT2D eigenvalue weighted by molar-refractivity contribution is 7.99. The lowest BCUT2D eigenvalue weighted by molar-refractivity contribution is 0.144. The predicted octanol–water partition coefficient (Wildman–Crippen LogP) is 4.30. The van der Waals surface area contributed by atoms with Gasteiger partial charge < -0.3 is 10.5 Å². The Bertz CT molecular complexity index is 723. The highest BCUT2D eigenvalue weighted by Crippen LogP contribution is 2.35. The van der Waals surface area contributed by atoms with Crippen molar-refractivity contribution in [2.24, 2.45) is 5.73 Å². The number of alkyl halides is 1. The quantitative estimate of drug-likeness (QED) is 0.842. The SMILES string of the molecule is Cc1cc(C)cc(Sc2nc(COC(N)=O)n(CF)c2C(C)C)c1. The average Bonchev–Trinajstić information content (AvgIpc) is 2.81. The Hall–Kier alpha value is -2.02. The number of nitrogens with zero attached hydrogens (tertiary/aromatic N) is 2. The van der Waals surface area contributed by atoms with E-state index in [0.29, 0.717) is 5.82 Å². The number of carbonyl (C=O) groups excluding carboxylic acids is 1. The van der Waals surface area contributed by atoms with Crippen LogP contribution in [0, 0.1) is 13.8 Å². The van der Waals surface area contributed by atoms with Gasteiger partial charge in [0.1, 0.15) is 5.03 Å². The summed E-state index contributed by atoms with van der Waals surface area (Å²) in [6, 6.07) is 6.23. The maximum absolute atomic E-state index is 13.6. The summed E-state index contributed by atoms with van der Waals surface area (Å²) >= 11 is 1.49. The van der Waals surface area contributed by atoms with E-state index in [0.717, 1.165) is 26.7 Å². The maximum atomic E-state index is 13.6. The summed E-state index contributed by atoms with van der Waals surface area (Å²) in [7, 11) is 0. The van der Waals surface area contributed by atoms with E-state index in [1.807, 2.05) is 27.7 Å². The number of primary amides is 1. The maximum Gasteiger partial charge on any atom is 0.404 e. The fourth-order valence-electron chi connectivity index (χ4n) is 2.61. The molecule has 7 heteroatoms. The Morgan fingerprint density at radius 1 is 1.33 bits per heavy atom. The summed E-state index contributed by atoms with van der Waals surface area (Å²) in [6.07, 6.45) is -0.905. The molecule has 0 radical (unpaired) electrons. The molecule has 0 aliphatic heterocycles. The van der Waals surface area contributed by atoms with Crippen molar-refractivity contribution in [1.29, 1.82) is 0 Å². The Morgan fingerprint density at radius 3 is 2.46 bits per heavy atom. The van der Waals surface area contributed by atoms with Gasteiger partial charge in [0.2, 0.25) is 0 Å². The number of aryl methyl sites for hydroxylation is 2. The summed E-state index contributed by atoms with van der Waals surface area (Å²) < 4.78 is 19.8. The summed E-state index contributed by atoms with van der Waals surface area (Å²) in [6.45, 7) is 7.15. The van der Waals surface area contributed by atoms with Crippen LogP contribution in [0.2, 0.25) is 0 Å². The zero-order valence-corrected chi connectivity index (χ0v) is 15.1. The highest BCUT2D eigenvalue weighted by Gasteiger charge is 2.21. The molecule has 2 rings (SSSR count). The summed E-state index contributed by atoms with van der Waals surface area (Å²) in [5.74, 6) is 0.427. The number of nitrogens with two attached hydrogens (primary N) is 1. The minimum Gasteiger partial charge on any atom is -0.442 e. The highest BCUT2D eigenvalue weighted by atomic mass is 32.2. The molecule has 1 aromatic carbocycles. The Balaban J connectivity index is 2.41. The van der Waals surface area contributed by atoms with Crippen LogP contribution in [0.3, 0.4) is 0 Å². The molecule has 0 aliphatic carbocycles. The molecule has 0 aliphatic rings. The minimum absolute atomic E-state index is 0.0731. The number of amides is 1. The topological polar surface area (TPSA) is 70.1 Å². The molecule has 0 fully saturated rings. The lowest BCUT2D eigenvalue weighted by Crippen LogP contribution is -2.15. The van der Waals surface area contributed by atoms with Gasteiger partial charge in [-0.15, -0.1) is 0 Å². The molecular weight excluding hydrogens is 329 g/mol. The van der Waals surface area contributed by atoms with Gasteiger partial charge in [-0.2, -0.15) is 0 Å². The largest absolute Gasteiger partial charge is 0.442 e. The van der Waals surface area contributed by atoms with Gasteiger partial charge in [-0.25, -0.2) is 14.2 Å². The first-order valence-corrected chi connectivity index (χ1v) is 8.47. The van der Waals surface area contributed by atoms with Crippen LogP contribution in [0.25, 0.3) is 0 Å². The summed E-state index contributed by atoms with van der Waals surface area (Å²) in [5, 5.41) is 0.718. The number of carbonyl (C=O) groups is 1. The fourth-order valence-corrected chi connectivity index (χ4v) is 3.92. The smallest absolute Gasteiger partial charge is 0.404 e. The van der Waals surface area contributed by atoms with Crippen molar-refractivity contribution in [2.45, 2.75) is 56.9 Å². The molecule has 5 nitrogen and oxygen atoms in total. The van der Waals surface area contributed by atoms with Crippen molar-refractivity contribution in [3.63, 3.8) is 0 Å². The average molecular weight is 351 g/mol. The van der Waals surface area contributed by atoms with Crippen LogP contribution in [0.4, 0.5) is 9.18 Å². The van der Waals surface area contributed by atoms with Crippen molar-refractivity contribution in [2.75, 3.05) is 0 Å². The van der Waals surface area contributed by atoms with Crippen LogP contribution in [0.15, 0.2) is 28.1 Å². The van der Waals surface area contributed by atoms with Crippen LogP contribution < -0.4 is 5.73 Å². The van der Waals surface area contributed by atoms with E-state index in [1.54, 1.807) is 0 Å². The molecule has 2 aromatic rings. The fraction of sp³-hybridized carbons (Fsp3) is 0.412. The van der Waals surface area contributed by atoms with Gasteiger partial charge in [0, 0.05) is 4.90 Å². The molecule has 0 atom stereocenters. The Morgan fingerprint density at radius 2 is 1.96 bits per heavy atom. The van der Waals surface area contributed by atoms with Crippen molar-refractivity contribution >= 4 is 17.9 Å².